The first-order valence-corrected chi connectivity index (χ1v) is 7.84. The average molecular weight is 326 g/mol. The number of hydrogen-bond acceptors (Lipinski definition) is 3. The van der Waals surface area contributed by atoms with Gasteiger partial charge in [0.15, 0.2) is 0 Å². The van der Waals surface area contributed by atoms with E-state index in [1.165, 1.54) is 0 Å². The lowest BCUT2D eigenvalue weighted by molar-refractivity contribution is -0.131. The summed E-state index contributed by atoms with van der Waals surface area (Å²) in [5.74, 6) is -0.119. The van der Waals surface area contributed by atoms with E-state index in [1.54, 1.807) is 31.2 Å². The molecule has 0 aliphatic rings. The number of ether oxygens (including phenoxy) is 1. The van der Waals surface area contributed by atoms with E-state index in [2.05, 4.69) is 5.32 Å². The summed E-state index contributed by atoms with van der Waals surface area (Å²) in [4.78, 5) is 24.3. The molecule has 2 rings (SSSR count). The third-order valence-corrected chi connectivity index (χ3v) is 3.83. The molecule has 0 fully saturated rings. The molecule has 0 aliphatic heterocycles. The Labute approximate surface area is 141 Å². The van der Waals surface area contributed by atoms with Gasteiger partial charge in [-0.3, -0.25) is 9.59 Å². The van der Waals surface area contributed by atoms with Gasteiger partial charge >= 0.3 is 0 Å². The molecule has 126 valence electrons. The number of hydrogen-bond donors (Lipinski definition) is 2. The normalized spacial score (nSPS) is 12.9. The lowest BCUT2D eigenvalue weighted by Crippen LogP contribution is -2.53. The molecule has 2 amide bonds. The SMILES string of the molecule is CCOc1ccc(CC(=O)NC(C)(C(N)=O)c2ccccc2)cc1. The van der Waals surface area contributed by atoms with E-state index in [1.807, 2.05) is 37.3 Å². The van der Waals surface area contributed by atoms with E-state index in [0.29, 0.717) is 12.2 Å². The topological polar surface area (TPSA) is 81.4 Å². The summed E-state index contributed by atoms with van der Waals surface area (Å²) in [6.45, 7) is 4.12. The first-order chi connectivity index (χ1) is 11.5. The summed E-state index contributed by atoms with van der Waals surface area (Å²) in [5, 5.41) is 2.75. The Hall–Kier alpha value is -2.82. The van der Waals surface area contributed by atoms with Crippen LogP contribution < -0.4 is 15.8 Å². The van der Waals surface area contributed by atoms with Crippen molar-refractivity contribution in [3.8, 4) is 5.75 Å². The van der Waals surface area contributed by atoms with Crippen molar-refractivity contribution in [1.82, 2.24) is 5.32 Å². The van der Waals surface area contributed by atoms with Crippen LogP contribution in [0, 0.1) is 0 Å². The Morgan fingerprint density at radius 2 is 1.71 bits per heavy atom. The fraction of sp³-hybridized carbons (Fsp3) is 0.263. The van der Waals surface area contributed by atoms with Crippen molar-refractivity contribution in [1.29, 1.82) is 0 Å². The summed E-state index contributed by atoms with van der Waals surface area (Å²) >= 11 is 0. The van der Waals surface area contributed by atoms with Gasteiger partial charge in [0.05, 0.1) is 13.0 Å². The molecule has 5 heteroatoms. The predicted molar refractivity (Wildman–Crippen MR) is 92.4 cm³/mol. The van der Waals surface area contributed by atoms with Gasteiger partial charge in [-0.15, -0.1) is 0 Å². The molecule has 0 radical (unpaired) electrons. The summed E-state index contributed by atoms with van der Waals surface area (Å²) in [6.07, 6.45) is 0.155. The van der Waals surface area contributed by atoms with Gasteiger partial charge in [0.1, 0.15) is 11.3 Å². The van der Waals surface area contributed by atoms with Gasteiger partial charge in [-0.05, 0) is 37.1 Å². The van der Waals surface area contributed by atoms with E-state index in [4.69, 9.17) is 10.5 Å². The molecule has 0 aliphatic carbocycles. The van der Waals surface area contributed by atoms with Gasteiger partial charge in [0.25, 0.3) is 0 Å². The number of carbonyl (C=O) groups is 2. The number of carbonyl (C=O) groups excluding carboxylic acids is 2. The second-order valence-corrected chi connectivity index (χ2v) is 5.66. The highest BCUT2D eigenvalue weighted by Crippen LogP contribution is 2.20. The van der Waals surface area contributed by atoms with Crippen LogP contribution in [0.4, 0.5) is 0 Å². The summed E-state index contributed by atoms with van der Waals surface area (Å²) < 4.78 is 5.37. The highest BCUT2D eigenvalue weighted by Gasteiger charge is 2.34. The summed E-state index contributed by atoms with van der Waals surface area (Å²) in [7, 11) is 0. The second-order valence-electron chi connectivity index (χ2n) is 5.66. The molecule has 0 heterocycles. The lowest BCUT2D eigenvalue weighted by atomic mass is 9.91. The van der Waals surface area contributed by atoms with Gasteiger partial charge < -0.3 is 15.8 Å². The van der Waals surface area contributed by atoms with Crippen LogP contribution in [0.15, 0.2) is 54.6 Å². The Kier molecular flexibility index (Phi) is 5.58. The van der Waals surface area contributed by atoms with Gasteiger partial charge in [0.2, 0.25) is 11.8 Å². The third-order valence-electron chi connectivity index (χ3n) is 3.83. The molecule has 1 atom stereocenters. The maximum Gasteiger partial charge on any atom is 0.247 e. The van der Waals surface area contributed by atoms with E-state index in [-0.39, 0.29) is 12.3 Å². The Morgan fingerprint density at radius 3 is 2.25 bits per heavy atom. The van der Waals surface area contributed by atoms with Crippen LogP contribution in [-0.2, 0) is 21.5 Å². The molecule has 3 N–H and O–H groups in total. The summed E-state index contributed by atoms with van der Waals surface area (Å²) in [6, 6.07) is 16.3. The summed E-state index contributed by atoms with van der Waals surface area (Å²) in [5.41, 5.74) is 5.76. The highest BCUT2D eigenvalue weighted by atomic mass is 16.5. The molecular formula is C19H22N2O3. The molecule has 0 saturated carbocycles. The van der Waals surface area contributed by atoms with E-state index >= 15 is 0 Å². The monoisotopic (exact) mass is 326 g/mol. The van der Waals surface area contributed by atoms with Gasteiger partial charge in [-0.2, -0.15) is 0 Å². The number of amides is 2. The van der Waals surface area contributed by atoms with Crippen LogP contribution in [0.2, 0.25) is 0 Å². The minimum absolute atomic E-state index is 0.155. The van der Waals surface area contributed by atoms with Crippen molar-refractivity contribution in [3.63, 3.8) is 0 Å². The molecule has 1 unspecified atom stereocenters. The maximum atomic E-state index is 12.4. The first kappa shape index (κ1) is 17.5. The second kappa shape index (κ2) is 7.64. The van der Waals surface area contributed by atoms with Crippen LogP contribution in [0.25, 0.3) is 0 Å². The van der Waals surface area contributed by atoms with E-state index in [0.717, 1.165) is 11.3 Å². The standard InChI is InChI=1S/C19H22N2O3/c1-3-24-16-11-9-14(10-12-16)13-17(22)21-19(2,18(20)23)15-7-5-4-6-8-15/h4-12H,3,13H2,1-2H3,(H2,20,23)(H,21,22). The predicted octanol–water partition coefficient (Wildman–Crippen LogP) is 2.14. The highest BCUT2D eigenvalue weighted by molar-refractivity contribution is 5.91. The van der Waals surface area contributed by atoms with Crippen LogP contribution in [-0.4, -0.2) is 18.4 Å². The molecule has 0 aromatic heterocycles. The van der Waals surface area contributed by atoms with Crippen molar-refractivity contribution < 1.29 is 14.3 Å². The Balaban J connectivity index is 2.10. The zero-order chi connectivity index (χ0) is 17.6. The van der Waals surface area contributed by atoms with E-state index in [9.17, 15) is 9.59 Å². The molecule has 2 aromatic carbocycles. The Morgan fingerprint density at radius 1 is 1.08 bits per heavy atom. The smallest absolute Gasteiger partial charge is 0.247 e. The maximum absolute atomic E-state index is 12.4. The van der Waals surface area contributed by atoms with E-state index < -0.39 is 11.4 Å². The molecule has 5 nitrogen and oxygen atoms in total. The first-order valence-electron chi connectivity index (χ1n) is 7.84. The average Bonchev–Trinajstić information content (AvgIpc) is 2.57. The molecule has 0 bridgehead atoms. The quantitative estimate of drug-likeness (QED) is 0.818. The van der Waals surface area contributed by atoms with Crippen LogP contribution in [0.5, 0.6) is 5.75 Å². The molecule has 24 heavy (non-hydrogen) atoms. The molecule has 0 saturated heterocycles. The van der Waals surface area contributed by atoms with Crippen molar-refractivity contribution in [2.45, 2.75) is 25.8 Å². The largest absolute Gasteiger partial charge is 0.494 e. The molecule has 2 aromatic rings. The van der Waals surface area contributed by atoms with Crippen molar-refractivity contribution in [2.24, 2.45) is 5.73 Å². The number of primary amides is 1. The van der Waals surface area contributed by atoms with Gasteiger partial charge in [0, 0.05) is 0 Å². The van der Waals surface area contributed by atoms with Crippen LogP contribution >= 0.6 is 0 Å². The minimum atomic E-state index is -1.25. The van der Waals surface area contributed by atoms with Crippen LogP contribution in [0.3, 0.4) is 0 Å². The number of nitrogens with two attached hydrogens (primary N) is 1. The van der Waals surface area contributed by atoms with Crippen molar-refractivity contribution in [3.05, 3.63) is 65.7 Å². The zero-order valence-corrected chi connectivity index (χ0v) is 13.9. The van der Waals surface area contributed by atoms with Crippen molar-refractivity contribution >= 4 is 11.8 Å². The lowest BCUT2D eigenvalue weighted by Gasteiger charge is -2.28. The number of nitrogens with one attached hydrogen (secondary N) is 1. The third kappa shape index (κ3) is 4.13. The number of benzene rings is 2. The molecule has 0 spiro atoms. The van der Waals surface area contributed by atoms with Gasteiger partial charge in [-0.1, -0.05) is 42.5 Å². The number of rotatable bonds is 7. The molecular weight excluding hydrogens is 304 g/mol. The fourth-order valence-corrected chi connectivity index (χ4v) is 2.43. The van der Waals surface area contributed by atoms with Crippen molar-refractivity contribution in [2.75, 3.05) is 6.61 Å². The fourth-order valence-electron chi connectivity index (χ4n) is 2.43. The van der Waals surface area contributed by atoms with Gasteiger partial charge in [-0.25, -0.2) is 0 Å². The minimum Gasteiger partial charge on any atom is -0.494 e. The zero-order valence-electron chi connectivity index (χ0n) is 13.9. The Bertz CT molecular complexity index is 698. The van der Waals surface area contributed by atoms with Crippen LogP contribution in [0.1, 0.15) is 25.0 Å².